The van der Waals surface area contributed by atoms with Crippen LogP contribution in [0.4, 0.5) is 0 Å². The summed E-state index contributed by atoms with van der Waals surface area (Å²) in [7, 11) is 0. The Bertz CT molecular complexity index is 454. The summed E-state index contributed by atoms with van der Waals surface area (Å²) in [5.74, 6) is 1.09. The van der Waals surface area contributed by atoms with E-state index in [1.807, 2.05) is 11.8 Å². The summed E-state index contributed by atoms with van der Waals surface area (Å²) in [6.45, 7) is 3.14. The lowest BCUT2D eigenvalue weighted by Gasteiger charge is -2.28. The monoisotopic (exact) mass is 291 g/mol. The van der Waals surface area contributed by atoms with Crippen molar-refractivity contribution in [3.8, 4) is 5.75 Å². The molecule has 110 valence electrons. The van der Waals surface area contributed by atoms with Gasteiger partial charge in [-0.05, 0) is 50.5 Å². The minimum atomic E-state index is 0.324. The van der Waals surface area contributed by atoms with E-state index < -0.39 is 0 Å². The van der Waals surface area contributed by atoms with Crippen LogP contribution in [0.15, 0.2) is 18.2 Å². The highest BCUT2D eigenvalue weighted by atomic mass is 32.2. The van der Waals surface area contributed by atoms with Gasteiger partial charge in [0.2, 0.25) is 0 Å². The fourth-order valence-corrected chi connectivity index (χ4v) is 4.11. The summed E-state index contributed by atoms with van der Waals surface area (Å²) in [6.07, 6.45) is 9.00. The minimum Gasteiger partial charge on any atom is -0.488 e. The third kappa shape index (κ3) is 3.32. The molecule has 1 unspecified atom stereocenters. The van der Waals surface area contributed by atoms with Crippen molar-refractivity contribution < 1.29 is 4.74 Å². The lowest BCUT2D eigenvalue weighted by atomic mass is 9.95. The summed E-state index contributed by atoms with van der Waals surface area (Å²) in [4.78, 5) is 0. The zero-order valence-electron chi connectivity index (χ0n) is 12.5. The molecular formula is C17H25NOS. The van der Waals surface area contributed by atoms with Crippen molar-refractivity contribution in [3.05, 3.63) is 29.3 Å². The Morgan fingerprint density at radius 3 is 2.80 bits per heavy atom. The molecular weight excluding hydrogens is 266 g/mol. The van der Waals surface area contributed by atoms with Gasteiger partial charge in [0.15, 0.2) is 0 Å². The van der Waals surface area contributed by atoms with Crippen LogP contribution < -0.4 is 10.1 Å². The number of benzene rings is 1. The fourth-order valence-electron chi connectivity index (χ4n) is 3.36. The number of thioether (sulfide) groups is 1. The zero-order valence-corrected chi connectivity index (χ0v) is 13.3. The summed E-state index contributed by atoms with van der Waals surface area (Å²) in [5, 5.41) is 4.62. The maximum absolute atomic E-state index is 6.03. The molecule has 3 heteroatoms. The Hall–Kier alpha value is -0.670. The topological polar surface area (TPSA) is 21.3 Å². The molecule has 1 aromatic rings. The largest absolute Gasteiger partial charge is 0.488 e. The van der Waals surface area contributed by atoms with E-state index in [0.717, 1.165) is 24.0 Å². The molecule has 0 radical (unpaired) electrons. The molecule has 1 aliphatic carbocycles. The van der Waals surface area contributed by atoms with Crippen LogP contribution >= 0.6 is 11.8 Å². The van der Waals surface area contributed by atoms with Gasteiger partial charge in [0.25, 0.3) is 0 Å². The first-order valence-corrected chi connectivity index (χ1v) is 9.05. The van der Waals surface area contributed by atoms with Gasteiger partial charge in [-0.2, -0.15) is 11.8 Å². The molecule has 1 saturated carbocycles. The average molecular weight is 291 g/mol. The predicted octanol–water partition coefficient (Wildman–Crippen LogP) is 3.56. The average Bonchev–Trinajstić information content (AvgIpc) is 2.87. The molecule has 0 spiro atoms. The lowest BCUT2D eigenvalue weighted by Crippen LogP contribution is -2.39. The van der Waals surface area contributed by atoms with Gasteiger partial charge in [0.05, 0.1) is 0 Å². The van der Waals surface area contributed by atoms with E-state index in [-0.39, 0.29) is 0 Å². The molecule has 3 rings (SSSR count). The van der Waals surface area contributed by atoms with Crippen molar-refractivity contribution >= 4 is 11.8 Å². The van der Waals surface area contributed by atoms with Crippen molar-refractivity contribution in [2.24, 2.45) is 0 Å². The Morgan fingerprint density at radius 2 is 2.05 bits per heavy atom. The van der Waals surface area contributed by atoms with Gasteiger partial charge in [0.1, 0.15) is 11.9 Å². The number of fused-ring (bicyclic) bond motifs is 1. The molecule has 1 N–H and O–H groups in total. The van der Waals surface area contributed by atoms with Crippen LogP contribution in [0.5, 0.6) is 5.75 Å². The Labute approximate surface area is 126 Å². The Balaban J connectivity index is 1.45. The first-order chi connectivity index (χ1) is 9.74. The molecule has 0 aromatic heterocycles. The van der Waals surface area contributed by atoms with E-state index in [1.165, 1.54) is 36.8 Å². The smallest absolute Gasteiger partial charge is 0.123 e. The SMILES string of the molecule is CSC1CCC(NCC2Cc3cc(C)ccc3O2)CC1. The van der Waals surface area contributed by atoms with Crippen molar-refractivity contribution in [1.29, 1.82) is 0 Å². The van der Waals surface area contributed by atoms with Gasteiger partial charge in [0, 0.05) is 24.3 Å². The van der Waals surface area contributed by atoms with Gasteiger partial charge in [-0.1, -0.05) is 17.7 Å². The summed E-state index contributed by atoms with van der Waals surface area (Å²) in [5.41, 5.74) is 2.71. The van der Waals surface area contributed by atoms with E-state index in [1.54, 1.807) is 0 Å². The standard InChI is InChI=1S/C17H25NOS/c1-12-3-8-17-13(9-12)10-15(19-17)11-18-14-4-6-16(20-2)7-5-14/h3,8-9,14-16,18H,4-7,10-11H2,1-2H3. The quantitative estimate of drug-likeness (QED) is 0.916. The van der Waals surface area contributed by atoms with E-state index in [2.05, 4.69) is 36.7 Å². The van der Waals surface area contributed by atoms with Crippen molar-refractivity contribution in [3.63, 3.8) is 0 Å². The van der Waals surface area contributed by atoms with Gasteiger partial charge in [-0.15, -0.1) is 0 Å². The van der Waals surface area contributed by atoms with Crippen LogP contribution in [-0.4, -0.2) is 30.2 Å². The van der Waals surface area contributed by atoms with Crippen molar-refractivity contribution in [1.82, 2.24) is 5.32 Å². The van der Waals surface area contributed by atoms with Crippen molar-refractivity contribution in [2.75, 3.05) is 12.8 Å². The summed E-state index contributed by atoms with van der Waals surface area (Å²) >= 11 is 2.03. The van der Waals surface area contributed by atoms with E-state index in [4.69, 9.17) is 4.74 Å². The normalized spacial score (nSPS) is 29.0. The van der Waals surface area contributed by atoms with Crippen LogP contribution in [0.3, 0.4) is 0 Å². The van der Waals surface area contributed by atoms with Crippen LogP contribution in [0.1, 0.15) is 36.8 Å². The third-order valence-electron chi connectivity index (χ3n) is 4.60. The Kier molecular flexibility index (Phi) is 4.57. The van der Waals surface area contributed by atoms with Gasteiger partial charge >= 0.3 is 0 Å². The number of aryl methyl sites for hydroxylation is 1. The molecule has 2 nitrogen and oxygen atoms in total. The lowest BCUT2D eigenvalue weighted by molar-refractivity contribution is 0.214. The molecule has 0 bridgehead atoms. The third-order valence-corrected chi connectivity index (χ3v) is 5.74. The number of ether oxygens (including phenoxy) is 1. The van der Waals surface area contributed by atoms with E-state index in [0.29, 0.717) is 12.1 Å². The molecule has 0 amide bonds. The first kappa shape index (κ1) is 14.3. The molecule has 1 fully saturated rings. The molecule has 1 aromatic carbocycles. The second kappa shape index (κ2) is 6.40. The highest BCUT2D eigenvalue weighted by Crippen LogP contribution is 2.30. The molecule has 20 heavy (non-hydrogen) atoms. The molecule has 2 aliphatic rings. The number of rotatable bonds is 4. The molecule has 0 saturated heterocycles. The molecule has 1 heterocycles. The number of nitrogens with one attached hydrogen (secondary N) is 1. The van der Waals surface area contributed by atoms with Crippen LogP contribution in [0.25, 0.3) is 0 Å². The van der Waals surface area contributed by atoms with E-state index >= 15 is 0 Å². The summed E-state index contributed by atoms with van der Waals surface area (Å²) < 4.78 is 6.03. The second-order valence-corrected chi connectivity index (χ2v) is 7.31. The number of hydrogen-bond acceptors (Lipinski definition) is 3. The minimum absolute atomic E-state index is 0.324. The van der Waals surface area contributed by atoms with Crippen LogP contribution in [0.2, 0.25) is 0 Å². The van der Waals surface area contributed by atoms with Gasteiger partial charge < -0.3 is 10.1 Å². The Morgan fingerprint density at radius 1 is 1.25 bits per heavy atom. The second-order valence-electron chi connectivity index (χ2n) is 6.17. The van der Waals surface area contributed by atoms with Crippen LogP contribution in [-0.2, 0) is 6.42 Å². The molecule has 1 aliphatic heterocycles. The predicted molar refractivity (Wildman–Crippen MR) is 86.9 cm³/mol. The van der Waals surface area contributed by atoms with Crippen LogP contribution in [0, 0.1) is 6.92 Å². The van der Waals surface area contributed by atoms with E-state index in [9.17, 15) is 0 Å². The summed E-state index contributed by atoms with van der Waals surface area (Å²) in [6, 6.07) is 7.22. The van der Waals surface area contributed by atoms with Gasteiger partial charge in [-0.25, -0.2) is 0 Å². The maximum Gasteiger partial charge on any atom is 0.123 e. The molecule has 1 atom stereocenters. The maximum atomic E-state index is 6.03. The zero-order chi connectivity index (χ0) is 13.9. The van der Waals surface area contributed by atoms with Gasteiger partial charge in [-0.3, -0.25) is 0 Å². The van der Waals surface area contributed by atoms with Crippen molar-refractivity contribution in [2.45, 2.75) is 56.4 Å². The number of hydrogen-bond donors (Lipinski definition) is 1. The highest BCUT2D eigenvalue weighted by molar-refractivity contribution is 7.99. The fraction of sp³-hybridized carbons (Fsp3) is 0.647. The highest BCUT2D eigenvalue weighted by Gasteiger charge is 2.25. The first-order valence-electron chi connectivity index (χ1n) is 7.77.